The molecule has 0 aromatic heterocycles. The summed E-state index contributed by atoms with van der Waals surface area (Å²) >= 11 is 0. The summed E-state index contributed by atoms with van der Waals surface area (Å²) in [6.45, 7) is -0.238. The number of ether oxygens (including phenoxy) is 1. The molecule has 0 N–H and O–H groups in total. The summed E-state index contributed by atoms with van der Waals surface area (Å²) in [4.78, 5) is 13.6. The maximum Gasteiger partial charge on any atom is 0.466 e. The molecule has 0 spiro atoms. The minimum absolute atomic E-state index is 0.0511. The van der Waals surface area contributed by atoms with Gasteiger partial charge < -0.3 is 4.74 Å². The van der Waals surface area contributed by atoms with E-state index in [4.69, 9.17) is 8.37 Å². The highest BCUT2D eigenvalue weighted by Gasteiger charge is 2.59. The van der Waals surface area contributed by atoms with Crippen molar-refractivity contribution in [3.8, 4) is 0 Å². The number of esters is 1. The van der Waals surface area contributed by atoms with Crippen LogP contribution in [0.15, 0.2) is 106 Å². The smallest absolute Gasteiger partial charge is 0.460 e. The van der Waals surface area contributed by atoms with Gasteiger partial charge in [-0.25, -0.2) is 8.42 Å². The van der Waals surface area contributed by atoms with Gasteiger partial charge in [0.1, 0.15) is 0 Å². The van der Waals surface area contributed by atoms with Crippen LogP contribution in [0.2, 0.25) is 0 Å². The number of hydrogen-bond acceptors (Lipinski definition) is 5. The first kappa shape index (κ1) is 26.3. The highest BCUT2D eigenvalue weighted by atomic mass is 32.3. The first-order valence-electron chi connectivity index (χ1n) is 11.8. The SMILES string of the molecule is O=C(OCC1CCCCC1)C(F)(F)S(=O)(=O)OS(c1ccccc1)(c1ccccc1)c1ccccc1. The second-order valence-corrected chi connectivity index (χ2v) is 13.1. The molecule has 36 heavy (non-hydrogen) atoms. The minimum Gasteiger partial charge on any atom is -0.460 e. The minimum atomic E-state index is -5.78. The first-order chi connectivity index (χ1) is 17.3. The van der Waals surface area contributed by atoms with Gasteiger partial charge >= 0.3 is 21.3 Å². The Bertz CT molecular complexity index is 1150. The topological polar surface area (TPSA) is 69.7 Å². The average molecular weight is 535 g/mol. The average Bonchev–Trinajstić information content (AvgIpc) is 2.92. The van der Waals surface area contributed by atoms with E-state index in [1.165, 1.54) is 0 Å². The highest BCUT2D eigenvalue weighted by molar-refractivity contribution is 8.33. The third kappa shape index (κ3) is 5.33. The van der Waals surface area contributed by atoms with Gasteiger partial charge in [-0.3, -0.25) is 0 Å². The van der Waals surface area contributed by atoms with Gasteiger partial charge in [-0.05, 0) is 65.5 Å². The lowest BCUT2D eigenvalue weighted by Gasteiger charge is -2.39. The molecule has 4 rings (SSSR count). The molecular weight excluding hydrogens is 506 g/mol. The Hall–Kier alpha value is -2.75. The van der Waals surface area contributed by atoms with Crippen molar-refractivity contribution in [1.29, 1.82) is 0 Å². The van der Waals surface area contributed by atoms with Crippen molar-refractivity contribution >= 4 is 26.4 Å². The van der Waals surface area contributed by atoms with Crippen molar-refractivity contribution in [3.63, 3.8) is 0 Å². The van der Waals surface area contributed by atoms with Crippen LogP contribution in [0, 0.1) is 5.92 Å². The van der Waals surface area contributed by atoms with Crippen LogP contribution < -0.4 is 0 Å². The Morgan fingerprint density at radius 3 is 1.58 bits per heavy atom. The fraction of sp³-hybridized carbons (Fsp3) is 0.296. The van der Waals surface area contributed by atoms with Gasteiger partial charge in [0.05, 0.1) is 6.61 Å². The van der Waals surface area contributed by atoms with E-state index in [0.29, 0.717) is 14.7 Å². The normalized spacial score (nSPS) is 15.8. The molecule has 0 saturated heterocycles. The van der Waals surface area contributed by atoms with Crippen LogP contribution >= 0.6 is 10.3 Å². The Morgan fingerprint density at radius 2 is 1.17 bits per heavy atom. The maximum atomic E-state index is 15.3. The van der Waals surface area contributed by atoms with Crippen molar-refractivity contribution in [3.05, 3.63) is 91.0 Å². The molecule has 0 aliphatic heterocycles. The third-order valence-electron chi connectivity index (χ3n) is 6.14. The number of hydrogen-bond donors (Lipinski definition) is 0. The zero-order valence-electron chi connectivity index (χ0n) is 19.6. The number of rotatable bonds is 9. The highest BCUT2D eigenvalue weighted by Crippen LogP contribution is 2.70. The molecule has 9 heteroatoms. The molecule has 0 unspecified atom stereocenters. The van der Waals surface area contributed by atoms with Gasteiger partial charge in [0.15, 0.2) is 0 Å². The molecule has 1 aliphatic carbocycles. The molecule has 0 bridgehead atoms. The van der Waals surface area contributed by atoms with E-state index in [0.717, 1.165) is 32.1 Å². The number of carbonyl (C=O) groups excluding carboxylic acids is 1. The zero-order chi connectivity index (χ0) is 25.7. The van der Waals surface area contributed by atoms with Gasteiger partial charge in [0.2, 0.25) is 0 Å². The molecule has 3 aromatic rings. The maximum absolute atomic E-state index is 15.3. The van der Waals surface area contributed by atoms with E-state index in [1.54, 1.807) is 91.0 Å². The lowest BCUT2D eigenvalue weighted by atomic mass is 9.90. The summed E-state index contributed by atoms with van der Waals surface area (Å²) in [7, 11) is -9.00. The molecule has 1 saturated carbocycles. The Labute approximate surface area is 212 Å². The van der Waals surface area contributed by atoms with Gasteiger partial charge in [0, 0.05) is 14.7 Å². The quantitative estimate of drug-likeness (QED) is 0.278. The van der Waals surface area contributed by atoms with Crippen molar-refractivity contribution in [1.82, 2.24) is 0 Å². The molecule has 5 nitrogen and oxygen atoms in total. The van der Waals surface area contributed by atoms with Crippen molar-refractivity contribution in [2.24, 2.45) is 5.92 Å². The van der Waals surface area contributed by atoms with E-state index in [1.807, 2.05) is 0 Å². The molecular formula is C27H28F2O5S2. The van der Waals surface area contributed by atoms with E-state index in [2.05, 4.69) is 0 Å². The van der Waals surface area contributed by atoms with Gasteiger partial charge in [-0.1, -0.05) is 73.9 Å². The lowest BCUT2D eigenvalue weighted by Crippen LogP contribution is -2.41. The lowest BCUT2D eigenvalue weighted by molar-refractivity contribution is -0.163. The summed E-state index contributed by atoms with van der Waals surface area (Å²) in [5, 5.41) is -4.89. The number of halogens is 2. The Morgan fingerprint density at radius 1 is 0.750 bits per heavy atom. The molecule has 0 atom stereocenters. The molecule has 3 aromatic carbocycles. The standard InChI is InChI=1S/C27H28F2O5S2/c28-27(29,26(30)33-21-22-13-5-1-6-14-22)36(31,32)34-35(23-15-7-2-8-16-23,24-17-9-3-10-18-24)25-19-11-4-12-20-25/h2-4,7-12,15-20,22H,1,5-6,13-14,21H2. The van der Waals surface area contributed by atoms with Crippen molar-refractivity contribution < 1.29 is 30.4 Å². The Balaban J connectivity index is 1.75. The fourth-order valence-electron chi connectivity index (χ4n) is 4.27. The predicted molar refractivity (Wildman–Crippen MR) is 134 cm³/mol. The zero-order valence-corrected chi connectivity index (χ0v) is 21.2. The van der Waals surface area contributed by atoms with E-state index >= 15 is 8.78 Å². The summed E-state index contributed by atoms with van der Waals surface area (Å²) in [5.74, 6) is -2.17. The second kappa shape index (κ2) is 11.1. The van der Waals surface area contributed by atoms with Crippen LogP contribution in [-0.2, 0) is 23.3 Å². The molecule has 192 valence electrons. The molecule has 0 heterocycles. The fourth-order valence-corrected chi connectivity index (χ4v) is 9.33. The molecule has 0 radical (unpaired) electrons. The van der Waals surface area contributed by atoms with Crippen LogP contribution in [-0.4, -0.2) is 26.2 Å². The van der Waals surface area contributed by atoms with Crippen LogP contribution in [0.4, 0.5) is 8.78 Å². The number of benzene rings is 3. The largest absolute Gasteiger partial charge is 0.466 e. The van der Waals surface area contributed by atoms with E-state index < -0.39 is 31.7 Å². The van der Waals surface area contributed by atoms with Crippen LogP contribution in [0.5, 0.6) is 0 Å². The summed E-state index contributed by atoms with van der Waals surface area (Å²) in [5.41, 5.74) is 0. The number of carbonyl (C=O) groups is 1. The molecule has 1 fully saturated rings. The second-order valence-electron chi connectivity index (χ2n) is 8.64. The Kier molecular flexibility index (Phi) is 8.12. The number of alkyl halides is 2. The van der Waals surface area contributed by atoms with Gasteiger partial charge in [-0.2, -0.15) is 17.2 Å². The predicted octanol–water partition coefficient (Wildman–Crippen LogP) is 6.95. The summed E-state index contributed by atoms with van der Waals surface area (Å²) in [6, 6.07) is 25.0. The van der Waals surface area contributed by atoms with E-state index in [-0.39, 0.29) is 12.5 Å². The van der Waals surface area contributed by atoms with Gasteiger partial charge in [-0.15, -0.1) is 0 Å². The van der Waals surface area contributed by atoms with Gasteiger partial charge in [0.25, 0.3) is 0 Å². The van der Waals surface area contributed by atoms with Crippen LogP contribution in [0.25, 0.3) is 0 Å². The van der Waals surface area contributed by atoms with E-state index in [9.17, 15) is 13.2 Å². The van der Waals surface area contributed by atoms with Crippen molar-refractivity contribution in [2.45, 2.75) is 52.0 Å². The molecule has 0 amide bonds. The van der Waals surface area contributed by atoms with Crippen LogP contribution in [0.3, 0.4) is 0 Å². The summed E-state index contributed by atoms with van der Waals surface area (Å²) in [6.07, 6.45) is 4.41. The third-order valence-corrected chi connectivity index (χ3v) is 11.3. The monoisotopic (exact) mass is 534 g/mol. The first-order valence-corrected chi connectivity index (χ1v) is 14.7. The summed E-state index contributed by atoms with van der Waals surface area (Å²) < 4.78 is 67.4. The van der Waals surface area contributed by atoms with Crippen LogP contribution in [0.1, 0.15) is 32.1 Å². The van der Waals surface area contributed by atoms with Crippen molar-refractivity contribution in [2.75, 3.05) is 6.61 Å². The molecule has 1 aliphatic rings.